The molecule has 1 atom stereocenters. The van der Waals surface area contributed by atoms with Crippen molar-refractivity contribution >= 4 is 17.5 Å². The first-order chi connectivity index (χ1) is 14.0. The van der Waals surface area contributed by atoms with Gasteiger partial charge in [-0.15, -0.1) is 0 Å². The van der Waals surface area contributed by atoms with Gasteiger partial charge in [-0.2, -0.15) is 0 Å². The maximum absolute atomic E-state index is 12.4. The average Bonchev–Trinajstić information content (AvgIpc) is 2.73. The number of rotatable bonds is 7. The van der Waals surface area contributed by atoms with Crippen molar-refractivity contribution in [1.29, 1.82) is 0 Å². The highest BCUT2D eigenvalue weighted by atomic mass is 16.5. The minimum absolute atomic E-state index is 0.198. The third-order valence-electron chi connectivity index (χ3n) is 4.36. The summed E-state index contributed by atoms with van der Waals surface area (Å²) >= 11 is 0. The molecule has 5 nitrogen and oxygen atoms in total. The Morgan fingerprint density at radius 2 is 1.69 bits per heavy atom. The number of hydrogen-bond donors (Lipinski definition) is 2. The zero-order valence-corrected chi connectivity index (χ0v) is 16.5. The maximum Gasteiger partial charge on any atom is 0.265 e. The monoisotopic (exact) mass is 388 g/mol. The van der Waals surface area contributed by atoms with Crippen LogP contribution in [0.2, 0.25) is 0 Å². The van der Waals surface area contributed by atoms with E-state index in [-0.39, 0.29) is 11.8 Å². The van der Waals surface area contributed by atoms with Gasteiger partial charge in [0.15, 0.2) is 6.10 Å². The van der Waals surface area contributed by atoms with Gasteiger partial charge in [0.2, 0.25) is 0 Å². The van der Waals surface area contributed by atoms with Gasteiger partial charge in [0.25, 0.3) is 11.8 Å². The van der Waals surface area contributed by atoms with Gasteiger partial charge in [0.1, 0.15) is 5.75 Å². The van der Waals surface area contributed by atoms with Crippen LogP contribution in [0.25, 0.3) is 0 Å². The highest BCUT2D eigenvalue weighted by Crippen LogP contribution is 2.16. The van der Waals surface area contributed by atoms with Crippen LogP contribution in [0.15, 0.2) is 78.9 Å². The van der Waals surface area contributed by atoms with Crippen LogP contribution in [-0.2, 0) is 11.3 Å². The number of anilines is 1. The van der Waals surface area contributed by atoms with E-state index in [0.717, 1.165) is 16.8 Å². The number of amides is 2. The van der Waals surface area contributed by atoms with Crippen molar-refractivity contribution < 1.29 is 14.3 Å². The normalized spacial score (nSPS) is 11.4. The van der Waals surface area contributed by atoms with Crippen LogP contribution in [0.4, 0.5) is 5.69 Å². The van der Waals surface area contributed by atoms with E-state index in [2.05, 4.69) is 10.6 Å². The van der Waals surface area contributed by atoms with Crippen molar-refractivity contribution in [3.05, 3.63) is 95.6 Å². The maximum atomic E-state index is 12.4. The molecule has 0 spiro atoms. The first kappa shape index (κ1) is 20.1. The van der Waals surface area contributed by atoms with Crippen molar-refractivity contribution in [2.24, 2.45) is 0 Å². The second kappa shape index (κ2) is 9.55. The van der Waals surface area contributed by atoms with Crippen LogP contribution in [0.5, 0.6) is 5.75 Å². The third kappa shape index (κ3) is 5.94. The number of ether oxygens (including phenoxy) is 1. The molecule has 0 aromatic heterocycles. The average molecular weight is 388 g/mol. The van der Waals surface area contributed by atoms with Crippen LogP contribution >= 0.6 is 0 Å². The van der Waals surface area contributed by atoms with Crippen molar-refractivity contribution in [1.82, 2.24) is 5.32 Å². The summed E-state index contributed by atoms with van der Waals surface area (Å²) < 4.78 is 5.74. The molecule has 0 saturated carbocycles. The summed E-state index contributed by atoms with van der Waals surface area (Å²) in [7, 11) is 0. The first-order valence-electron chi connectivity index (χ1n) is 9.47. The van der Waals surface area contributed by atoms with Crippen molar-refractivity contribution in [2.75, 3.05) is 5.32 Å². The molecule has 0 radical (unpaired) electrons. The van der Waals surface area contributed by atoms with Crippen LogP contribution in [-0.4, -0.2) is 17.9 Å². The van der Waals surface area contributed by atoms with Gasteiger partial charge in [-0.1, -0.05) is 48.5 Å². The molecule has 0 aliphatic carbocycles. The van der Waals surface area contributed by atoms with E-state index in [1.54, 1.807) is 31.2 Å². The number of aryl methyl sites for hydroxylation is 1. The second-order valence-corrected chi connectivity index (χ2v) is 6.81. The number of nitrogens with one attached hydrogen (secondary N) is 2. The molecule has 148 valence electrons. The fraction of sp³-hybridized carbons (Fsp3) is 0.167. The van der Waals surface area contributed by atoms with E-state index < -0.39 is 6.10 Å². The quantitative estimate of drug-likeness (QED) is 0.633. The number of carbonyl (C=O) groups excluding carboxylic acids is 2. The van der Waals surface area contributed by atoms with E-state index in [1.807, 2.05) is 61.5 Å². The molecule has 5 heteroatoms. The Bertz CT molecular complexity index is 986. The summed E-state index contributed by atoms with van der Waals surface area (Å²) in [5.41, 5.74) is 3.28. The zero-order chi connectivity index (χ0) is 20.6. The second-order valence-electron chi connectivity index (χ2n) is 6.81. The SMILES string of the molecule is Cc1cccc(NC(=O)[C@H](C)Oc2cccc(C(=O)NCc3ccccc3)c2)c1. The summed E-state index contributed by atoms with van der Waals surface area (Å²) in [5, 5.41) is 5.72. The van der Waals surface area contributed by atoms with Gasteiger partial charge in [-0.25, -0.2) is 0 Å². The van der Waals surface area contributed by atoms with Gasteiger partial charge in [-0.05, 0) is 55.3 Å². The fourth-order valence-corrected chi connectivity index (χ4v) is 2.82. The minimum atomic E-state index is -0.710. The molecule has 0 bridgehead atoms. The molecule has 0 aliphatic heterocycles. The van der Waals surface area contributed by atoms with Gasteiger partial charge in [0, 0.05) is 17.8 Å². The van der Waals surface area contributed by atoms with Crippen molar-refractivity contribution in [2.45, 2.75) is 26.5 Å². The zero-order valence-electron chi connectivity index (χ0n) is 16.5. The van der Waals surface area contributed by atoms with Gasteiger partial charge >= 0.3 is 0 Å². The Kier molecular flexibility index (Phi) is 6.63. The summed E-state index contributed by atoms with van der Waals surface area (Å²) in [6.07, 6.45) is -0.710. The molecule has 29 heavy (non-hydrogen) atoms. The van der Waals surface area contributed by atoms with E-state index in [4.69, 9.17) is 4.74 Å². The summed E-state index contributed by atoms with van der Waals surface area (Å²) in [5.74, 6) is 0.00922. The first-order valence-corrected chi connectivity index (χ1v) is 9.47. The summed E-state index contributed by atoms with van der Waals surface area (Å²) in [4.78, 5) is 24.8. The molecule has 0 saturated heterocycles. The molecular formula is C24H24N2O3. The molecular weight excluding hydrogens is 364 g/mol. The Morgan fingerprint density at radius 3 is 2.45 bits per heavy atom. The fourth-order valence-electron chi connectivity index (χ4n) is 2.82. The summed E-state index contributed by atoms with van der Waals surface area (Å²) in [6, 6.07) is 24.1. The van der Waals surface area contributed by atoms with E-state index in [1.165, 1.54) is 0 Å². The Balaban J connectivity index is 1.58. The van der Waals surface area contributed by atoms with E-state index in [9.17, 15) is 9.59 Å². The smallest absolute Gasteiger partial charge is 0.265 e. The molecule has 2 N–H and O–H groups in total. The number of carbonyl (C=O) groups is 2. The molecule has 0 heterocycles. The third-order valence-corrected chi connectivity index (χ3v) is 4.36. The van der Waals surface area contributed by atoms with E-state index in [0.29, 0.717) is 17.9 Å². The van der Waals surface area contributed by atoms with Crippen LogP contribution in [0, 0.1) is 6.92 Å². The lowest BCUT2D eigenvalue weighted by atomic mass is 10.2. The largest absolute Gasteiger partial charge is 0.481 e. The summed E-state index contributed by atoms with van der Waals surface area (Å²) in [6.45, 7) is 4.08. The van der Waals surface area contributed by atoms with Crippen molar-refractivity contribution in [3.63, 3.8) is 0 Å². The highest BCUT2D eigenvalue weighted by Gasteiger charge is 2.16. The minimum Gasteiger partial charge on any atom is -0.481 e. The highest BCUT2D eigenvalue weighted by molar-refractivity contribution is 5.95. The van der Waals surface area contributed by atoms with Crippen molar-refractivity contribution in [3.8, 4) is 5.75 Å². The van der Waals surface area contributed by atoms with Gasteiger partial charge in [0.05, 0.1) is 0 Å². The molecule has 0 unspecified atom stereocenters. The predicted molar refractivity (Wildman–Crippen MR) is 114 cm³/mol. The van der Waals surface area contributed by atoms with E-state index >= 15 is 0 Å². The van der Waals surface area contributed by atoms with Crippen LogP contribution in [0.3, 0.4) is 0 Å². The van der Waals surface area contributed by atoms with Gasteiger partial charge < -0.3 is 15.4 Å². The predicted octanol–water partition coefficient (Wildman–Crippen LogP) is 4.33. The van der Waals surface area contributed by atoms with Gasteiger partial charge in [-0.3, -0.25) is 9.59 Å². The molecule has 0 aliphatic rings. The lowest BCUT2D eigenvalue weighted by Crippen LogP contribution is -2.30. The molecule has 3 rings (SSSR count). The lowest BCUT2D eigenvalue weighted by molar-refractivity contribution is -0.122. The Labute approximate surface area is 170 Å². The van der Waals surface area contributed by atoms with Crippen LogP contribution in [0.1, 0.15) is 28.4 Å². The molecule has 2 amide bonds. The standard InChI is InChI=1S/C24H24N2O3/c1-17-8-6-12-21(14-17)26-23(27)18(2)29-22-13-7-11-20(15-22)24(28)25-16-19-9-4-3-5-10-19/h3-15,18H,16H2,1-2H3,(H,25,28)(H,26,27)/t18-/m0/s1. The van der Waals surface area contributed by atoms with Crippen LogP contribution < -0.4 is 15.4 Å². The molecule has 3 aromatic rings. The number of benzene rings is 3. The Hall–Kier alpha value is -3.60. The number of hydrogen-bond acceptors (Lipinski definition) is 3. The molecule has 0 fully saturated rings. The topological polar surface area (TPSA) is 67.4 Å². The lowest BCUT2D eigenvalue weighted by Gasteiger charge is -2.15. The molecule has 3 aromatic carbocycles. The Morgan fingerprint density at radius 1 is 0.931 bits per heavy atom.